The second-order valence-electron chi connectivity index (χ2n) is 4.79. The number of hydrogen-bond acceptors (Lipinski definition) is 4. The van der Waals surface area contributed by atoms with Crippen LogP contribution in [0.4, 0.5) is 5.69 Å². The zero-order valence-corrected chi connectivity index (χ0v) is 11.8. The fourth-order valence-electron chi connectivity index (χ4n) is 2.27. The highest BCUT2D eigenvalue weighted by atomic mass is 35.5. The highest BCUT2D eigenvalue weighted by molar-refractivity contribution is 6.32. The number of rotatable bonds is 4. The molecule has 1 aromatic heterocycles. The van der Waals surface area contributed by atoms with Gasteiger partial charge < -0.3 is 10.6 Å². The van der Waals surface area contributed by atoms with Crippen molar-refractivity contribution in [1.29, 1.82) is 0 Å². The number of carbonyl (C=O) groups excluding carboxylic acids is 1. The van der Waals surface area contributed by atoms with Crippen LogP contribution in [0.5, 0.6) is 0 Å². The molecule has 0 bridgehead atoms. The Balaban J connectivity index is 1.85. The predicted molar refractivity (Wildman–Crippen MR) is 76.4 cm³/mol. The molecular formula is C13H19ClN4O. The third-order valence-corrected chi connectivity index (χ3v) is 3.66. The minimum atomic E-state index is -0.0593. The number of likely N-dealkylation sites (N-methyl/N-ethyl adjacent to an activating group) is 1. The smallest absolute Gasteiger partial charge is 0.238 e. The zero-order valence-electron chi connectivity index (χ0n) is 11.0. The summed E-state index contributed by atoms with van der Waals surface area (Å²) in [5.74, 6) is -0.0593. The van der Waals surface area contributed by atoms with Gasteiger partial charge in [-0.1, -0.05) is 11.6 Å². The van der Waals surface area contributed by atoms with Crippen LogP contribution in [0.25, 0.3) is 0 Å². The van der Waals surface area contributed by atoms with Gasteiger partial charge in [0.05, 0.1) is 12.2 Å². The average Bonchev–Trinajstić information content (AvgIpc) is 2.42. The first-order valence-electron chi connectivity index (χ1n) is 6.48. The number of nitrogens with one attached hydrogen (secondary N) is 2. The molecule has 1 aromatic rings. The first-order valence-corrected chi connectivity index (χ1v) is 6.86. The molecule has 1 saturated heterocycles. The molecule has 0 saturated carbocycles. The molecule has 0 atom stereocenters. The van der Waals surface area contributed by atoms with Crippen molar-refractivity contribution < 1.29 is 4.79 Å². The van der Waals surface area contributed by atoms with Gasteiger partial charge in [-0.25, -0.2) is 4.98 Å². The Morgan fingerprint density at radius 3 is 3.00 bits per heavy atom. The van der Waals surface area contributed by atoms with Crippen LogP contribution in [0.15, 0.2) is 18.3 Å². The van der Waals surface area contributed by atoms with E-state index >= 15 is 0 Å². The zero-order chi connectivity index (χ0) is 13.7. The van der Waals surface area contributed by atoms with E-state index in [0.717, 1.165) is 25.9 Å². The van der Waals surface area contributed by atoms with Crippen LogP contribution in [0.3, 0.4) is 0 Å². The molecule has 2 N–H and O–H groups in total. The number of pyridine rings is 1. The summed E-state index contributed by atoms with van der Waals surface area (Å²) in [5.41, 5.74) is 0.563. The Kier molecular flexibility index (Phi) is 5.13. The number of aromatic nitrogens is 1. The molecule has 104 valence electrons. The van der Waals surface area contributed by atoms with Crippen molar-refractivity contribution in [2.75, 3.05) is 32.0 Å². The minimum Gasteiger partial charge on any atom is -0.322 e. The fourth-order valence-corrected chi connectivity index (χ4v) is 2.44. The summed E-state index contributed by atoms with van der Waals surface area (Å²) < 4.78 is 0. The van der Waals surface area contributed by atoms with Gasteiger partial charge in [0.2, 0.25) is 5.91 Å². The lowest BCUT2D eigenvalue weighted by atomic mass is 10.1. The monoisotopic (exact) mass is 282 g/mol. The lowest BCUT2D eigenvalue weighted by Crippen LogP contribution is -2.44. The maximum absolute atomic E-state index is 12.0. The molecular weight excluding hydrogens is 264 g/mol. The van der Waals surface area contributed by atoms with Gasteiger partial charge in [0.15, 0.2) is 5.15 Å². The number of piperidine rings is 1. The van der Waals surface area contributed by atoms with Crippen molar-refractivity contribution in [1.82, 2.24) is 15.2 Å². The number of halogens is 1. The Hall–Kier alpha value is -1.17. The lowest BCUT2D eigenvalue weighted by Gasteiger charge is -2.31. The Labute approximate surface area is 118 Å². The first kappa shape index (κ1) is 14.2. The third-order valence-electron chi connectivity index (χ3n) is 3.36. The topological polar surface area (TPSA) is 57.3 Å². The van der Waals surface area contributed by atoms with Crippen LogP contribution in [0.2, 0.25) is 5.15 Å². The predicted octanol–water partition coefficient (Wildman–Crippen LogP) is 1.36. The summed E-state index contributed by atoms with van der Waals surface area (Å²) in [6, 6.07) is 3.96. The third kappa shape index (κ3) is 4.16. The van der Waals surface area contributed by atoms with E-state index in [4.69, 9.17) is 11.6 Å². The van der Waals surface area contributed by atoms with Crippen molar-refractivity contribution in [2.45, 2.75) is 18.9 Å². The van der Waals surface area contributed by atoms with Gasteiger partial charge in [-0.15, -0.1) is 0 Å². The molecule has 0 aliphatic carbocycles. The summed E-state index contributed by atoms with van der Waals surface area (Å²) in [4.78, 5) is 18.0. The maximum Gasteiger partial charge on any atom is 0.238 e. The van der Waals surface area contributed by atoms with Gasteiger partial charge in [-0.05, 0) is 45.1 Å². The molecule has 0 spiro atoms. The summed E-state index contributed by atoms with van der Waals surface area (Å²) in [5, 5.41) is 6.43. The molecule has 0 radical (unpaired) electrons. The summed E-state index contributed by atoms with van der Waals surface area (Å²) in [7, 11) is 1.99. The largest absolute Gasteiger partial charge is 0.322 e. The maximum atomic E-state index is 12.0. The quantitative estimate of drug-likeness (QED) is 0.819. The van der Waals surface area contributed by atoms with Gasteiger partial charge in [0.1, 0.15) is 0 Å². The minimum absolute atomic E-state index is 0.0593. The van der Waals surface area contributed by atoms with E-state index in [1.54, 1.807) is 18.3 Å². The van der Waals surface area contributed by atoms with Crippen molar-refractivity contribution in [3.05, 3.63) is 23.5 Å². The Morgan fingerprint density at radius 1 is 1.58 bits per heavy atom. The Morgan fingerprint density at radius 2 is 2.32 bits per heavy atom. The normalized spacial score (nSPS) is 16.6. The number of carbonyl (C=O) groups is 1. The highest BCUT2D eigenvalue weighted by Crippen LogP contribution is 2.17. The van der Waals surface area contributed by atoms with Crippen LogP contribution >= 0.6 is 11.6 Å². The van der Waals surface area contributed by atoms with Gasteiger partial charge in [0.25, 0.3) is 0 Å². The lowest BCUT2D eigenvalue weighted by molar-refractivity contribution is -0.117. The second-order valence-corrected chi connectivity index (χ2v) is 5.14. The van der Waals surface area contributed by atoms with Crippen molar-refractivity contribution >= 4 is 23.2 Å². The molecule has 0 aromatic carbocycles. The average molecular weight is 283 g/mol. The van der Waals surface area contributed by atoms with Gasteiger partial charge in [0, 0.05) is 12.2 Å². The fraction of sp³-hybridized carbons (Fsp3) is 0.538. The van der Waals surface area contributed by atoms with Gasteiger partial charge in [-0.3, -0.25) is 9.69 Å². The van der Waals surface area contributed by atoms with E-state index < -0.39 is 0 Å². The molecule has 1 fully saturated rings. The first-order chi connectivity index (χ1) is 9.16. The van der Waals surface area contributed by atoms with Gasteiger partial charge >= 0.3 is 0 Å². The van der Waals surface area contributed by atoms with Gasteiger partial charge in [-0.2, -0.15) is 0 Å². The van der Waals surface area contributed by atoms with Crippen LogP contribution in [0, 0.1) is 0 Å². The number of amides is 1. The van der Waals surface area contributed by atoms with E-state index in [-0.39, 0.29) is 5.91 Å². The summed E-state index contributed by atoms with van der Waals surface area (Å²) in [6.45, 7) is 2.41. The van der Waals surface area contributed by atoms with E-state index in [2.05, 4.69) is 20.5 Å². The molecule has 1 aliphatic rings. The van der Waals surface area contributed by atoms with Crippen LogP contribution in [0.1, 0.15) is 12.8 Å². The van der Waals surface area contributed by atoms with E-state index in [0.29, 0.717) is 23.4 Å². The Bertz CT molecular complexity index is 434. The van der Waals surface area contributed by atoms with Crippen LogP contribution in [-0.2, 0) is 4.79 Å². The van der Waals surface area contributed by atoms with E-state index in [1.165, 1.54) is 0 Å². The van der Waals surface area contributed by atoms with Crippen LogP contribution < -0.4 is 10.6 Å². The molecule has 6 heteroatoms. The molecule has 19 heavy (non-hydrogen) atoms. The highest BCUT2D eigenvalue weighted by Gasteiger charge is 2.19. The molecule has 5 nitrogen and oxygen atoms in total. The number of nitrogens with zero attached hydrogens (tertiary/aromatic N) is 2. The van der Waals surface area contributed by atoms with Crippen molar-refractivity contribution in [3.8, 4) is 0 Å². The molecule has 2 rings (SSSR count). The molecule has 2 heterocycles. The van der Waals surface area contributed by atoms with E-state index in [1.807, 2.05) is 7.05 Å². The SMILES string of the molecule is CN(CC(=O)Nc1cccnc1Cl)C1CCNCC1. The number of hydrogen-bond donors (Lipinski definition) is 2. The van der Waals surface area contributed by atoms with Crippen molar-refractivity contribution in [3.63, 3.8) is 0 Å². The number of anilines is 1. The molecule has 1 amide bonds. The van der Waals surface area contributed by atoms with Crippen molar-refractivity contribution in [2.24, 2.45) is 0 Å². The van der Waals surface area contributed by atoms with E-state index in [9.17, 15) is 4.79 Å². The molecule has 0 unspecified atom stereocenters. The summed E-state index contributed by atoms with van der Waals surface area (Å²) >= 11 is 5.91. The standard InChI is InChI=1S/C13H19ClN4O/c1-18(10-4-7-15-8-5-10)9-12(19)17-11-3-2-6-16-13(11)14/h2-3,6,10,15H,4-5,7-9H2,1H3,(H,17,19). The second kappa shape index (κ2) is 6.84. The van der Waals surface area contributed by atoms with Crippen LogP contribution in [-0.4, -0.2) is 48.5 Å². The molecule has 1 aliphatic heterocycles. The summed E-state index contributed by atoms with van der Waals surface area (Å²) in [6.07, 6.45) is 3.76.